The maximum atomic E-state index is 13.0. The first kappa shape index (κ1) is 18.9. The van der Waals surface area contributed by atoms with Crippen LogP contribution in [0.4, 0.5) is 0 Å². The largest absolute Gasteiger partial charge is 0.381 e. The highest BCUT2D eigenvalue weighted by Gasteiger charge is 2.32. The van der Waals surface area contributed by atoms with Crippen LogP contribution in [0.3, 0.4) is 0 Å². The maximum absolute atomic E-state index is 13.0. The van der Waals surface area contributed by atoms with Gasteiger partial charge in [-0.15, -0.1) is 12.4 Å². The third kappa shape index (κ3) is 5.29. The van der Waals surface area contributed by atoms with Crippen molar-refractivity contribution in [2.75, 3.05) is 65.7 Å². The molecule has 0 aromatic rings. The Balaban J connectivity index is 0.00000192. The van der Waals surface area contributed by atoms with Gasteiger partial charge in [0.1, 0.15) is 0 Å². The number of nitrogens with zero attached hydrogens (tertiary/aromatic N) is 2. The average molecular weight is 348 g/mol. The number of halogens is 1. The van der Waals surface area contributed by atoms with Crippen molar-refractivity contribution >= 4 is 18.3 Å². The monoisotopic (exact) mass is 347 g/mol. The summed E-state index contributed by atoms with van der Waals surface area (Å²) in [5.74, 6) is 0.518. The fourth-order valence-electron chi connectivity index (χ4n) is 3.63. The zero-order valence-electron chi connectivity index (χ0n) is 13.9. The highest BCUT2D eigenvalue weighted by molar-refractivity contribution is 5.85. The second-order valence-electron chi connectivity index (χ2n) is 6.52. The minimum Gasteiger partial charge on any atom is -0.381 e. The van der Waals surface area contributed by atoms with Gasteiger partial charge in [-0.1, -0.05) is 0 Å². The summed E-state index contributed by atoms with van der Waals surface area (Å²) in [5, 5.41) is 3.40. The van der Waals surface area contributed by atoms with Crippen LogP contribution in [-0.2, 0) is 14.3 Å². The molecule has 7 heteroatoms. The molecule has 3 saturated heterocycles. The summed E-state index contributed by atoms with van der Waals surface area (Å²) in [7, 11) is 0. The van der Waals surface area contributed by atoms with Gasteiger partial charge in [-0.25, -0.2) is 0 Å². The van der Waals surface area contributed by atoms with Crippen LogP contribution in [0.15, 0.2) is 0 Å². The van der Waals surface area contributed by atoms with E-state index in [0.717, 1.165) is 85.0 Å². The fraction of sp³-hybridized carbons (Fsp3) is 0.938. The predicted molar refractivity (Wildman–Crippen MR) is 91.0 cm³/mol. The molecule has 3 heterocycles. The first-order chi connectivity index (χ1) is 10.8. The molecule has 0 aliphatic carbocycles. The molecule has 3 rings (SSSR count). The Morgan fingerprint density at radius 2 is 1.78 bits per heavy atom. The van der Waals surface area contributed by atoms with Crippen LogP contribution in [0.5, 0.6) is 0 Å². The zero-order valence-corrected chi connectivity index (χ0v) is 14.7. The summed E-state index contributed by atoms with van der Waals surface area (Å²) in [6.45, 7) is 8.87. The van der Waals surface area contributed by atoms with E-state index in [2.05, 4.69) is 15.1 Å². The lowest BCUT2D eigenvalue weighted by molar-refractivity contribution is -0.141. The number of carbonyl (C=O) groups is 1. The average Bonchev–Trinajstić information content (AvgIpc) is 3.11. The van der Waals surface area contributed by atoms with Crippen LogP contribution in [0.2, 0.25) is 0 Å². The van der Waals surface area contributed by atoms with Gasteiger partial charge in [0, 0.05) is 57.9 Å². The molecular formula is C16H30ClN3O3. The molecule has 0 spiro atoms. The Hall–Kier alpha value is -0.400. The number of morpholine rings is 1. The highest BCUT2D eigenvalue weighted by atomic mass is 35.5. The quantitative estimate of drug-likeness (QED) is 0.778. The third-order valence-electron chi connectivity index (χ3n) is 5.09. The molecule has 3 fully saturated rings. The molecule has 23 heavy (non-hydrogen) atoms. The van der Waals surface area contributed by atoms with Crippen molar-refractivity contribution in [2.45, 2.75) is 25.3 Å². The first-order valence-electron chi connectivity index (χ1n) is 8.73. The Morgan fingerprint density at radius 3 is 2.43 bits per heavy atom. The van der Waals surface area contributed by atoms with Crippen molar-refractivity contribution in [3.05, 3.63) is 0 Å². The number of hydrogen-bond acceptors (Lipinski definition) is 5. The summed E-state index contributed by atoms with van der Waals surface area (Å²) in [5.41, 5.74) is 0. The number of amides is 1. The smallest absolute Gasteiger partial charge is 0.226 e. The van der Waals surface area contributed by atoms with Crippen LogP contribution in [0.25, 0.3) is 0 Å². The number of nitrogens with one attached hydrogen (secondary N) is 1. The van der Waals surface area contributed by atoms with Crippen LogP contribution >= 0.6 is 12.4 Å². The maximum Gasteiger partial charge on any atom is 0.226 e. The molecule has 1 N–H and O–H groups in total. The van der Waals surface area contributed by atoms with Crippen LogP contribution < -0.4 is 5.32 Å². The van der Waals surface area contributed by atoms with Crippen molar-refractivity contribution < 1.29 is 14.3 Å². The Bertz CT molecular complexity index is 354. The van der Waals surface area contributed by atoms with Gasteiger partial charge in [-0.2, -0.15) is 0 Å². The molecule has 0 aromatic carbocycles. The van der Waals surface area contributed by atoms with Gasteiger partial charge in [0.25, 0.3) is 0 Å². The molecule has 6 nitrogen and oxygen atoms in total. The Morgan fingerprint density at radius 1 is 1.09 bits per heavy atom. The summed E-state index contributed by atoms with van der Waals surface area (Å²) >= 11 is 0. The van der Waals surface area contributed by atoms with E-state index >= 15 is 0 Å². The highest BCUT2D eigenvalue weighted by Crippen LogP contribution is 2.21. The minimum absolute atomic E-state index is 0. The summed E-state index contributed by atoms with van der Waals surface area (Å²) < 4.78 is 10.8. The van der Waals surface area contributed by atoms with E-state index < -0.39 is 0 Å². The predicted octanol–water partition coefficient (Wildman–Crippen LogP) is 0.358. The summed E-state index contributed by atoms with van der Waals surface area (Å²) in [4.78, 5) is 17.5. The van der Waals surface area contributed by atoms with E-state index in [9.17, 15) is 4.79 Å². The lowest BCUT2D eigenvalue weighted by atomic mass is 9.97. The second-order valence-corrected chi connectivity index (χ2v) is 6.52. The number of carbonyl (C=O) groups excluding carboxylic acids is 1. The third-order valence-corrected chi connectivity index (χ3v) is 5.09. The SMILES string of the molecule is Cl.O=C(C1CCOCC1)N(CCN1CCOCC1)C1CCNC1. The molecule has 0 aromatic heterocycles. The molecule has 0 saturated carbocycles. The van der Waals surface area contributed by atoms with Crippen molar-refractivity contribution in [3.8, 4) is 0 Å². The van der Waals surface area contributed by atoms with E-state index in [4.69, 9.17) is 9.47 Å². The Labute approximate surface area is 145 Å². The lowest BCUT2D eigenvalue weighted by Crippen LogP contribution is -2.50. The molecular weight excluding hydrogens is 318 g/mol. The molecule has 3 aliphatic heterocycles. The van der Waals surface area contributed by atoms with E-state index in [-0.39, 0.29) is 18.3 Å². The Kier molecular flexibility index (Phi) is 8.06. The molecule has 1 atom stereocenters. The fourth-order valence-corrected chi connectivity index (χ4v) is 3.63. The minimum atomic E-state index is 0. The first-order valence-corrected chi connectivity index (χ1v) is 8.73. The second kappa shape index (κ2) is 9.79. The van der Waals surface area contributed by atoms with Gasteiger partial charge >= 0.3 is 0 Å². The molecule has 134 valence electrons. The normalized spacial score (nSPS) is 26.7. The van der Waals surface area contributed by atoms with Crippen molar-refractivity contribution in [1.29, 1.82) is 0 Å². The number of rotatable bonds is 5. The standard InChI is InChI=1S/C16H29N3O3.ClH/c20-16(14-2-9-21-10-3-14)19(15-1-4-17-13-15)6-5-18-7-11-22-12-8-18;/h14-15,17H,1-13H2;1H. The topological polar surface area (TPSA) is 54.0 Å². The molecule has 0 bridgehead atoms. The van der Waals surface area contributed by atoms with E-state index in [1.165, 1.54) is 0 Å². The number of ether oxygens (including phenoxy) is 2. The van der Waals surface area contributed by atoms with Crippen LogP contribution in [0.1, 0.15) is 19.3 Å². The molecule has 1 unspecified atom stereocenters. The zero-order chi connectivity index (χ0) is 15.2. The molecule has 0 radical (unpaired) electrons. The van der Waals surface area contributed by atoms with E-state index in [1.54, 1.807) is 0 Å². The molecule has 1 amide bonds. The van der Waals surface area contributed by atoms with Gasteiger partial charge in [-0.3, -0.25) is 9.69 Å². The van der Waals surface area contributed by atoms with Gasteiger partial charge in [0.15, 0.2) is 0 Å². The van der Waals surface area contributed by atoms with E-state index in [1.807, 2.05) is 0 Å². The lowest BCUT2D eigenvalue weighted by Gasteiger charge is -2.35. The van der Waals surface area contributed by atoms with Crippen molar-refractivity contribution in [1.82, 2.24) is 15.1 Å². The van der Waals surface area contributed by atoms with Crippen LogP contribution in [-0.4, -0.2) is 87.4 Å². The summed E-state index contributed by atoms with van der Waals surface area (Å²) in [6.07, 6.45) is 2.85. The molecule has 3 aliphatic rings. The van der Waals surface area contributed by atoms with Crippen LogP contribution in [0, 0.1) is 5.92 Å². The van der Waals surface area contributed by atoms with E-state index in [0.29, 0.717) is 11.9 Å². The van der Waals surface area contributed by atoms with Gasteiger partial charge in [0.2, 0.25) is 5.91 Å². The van der Waals surface area contributed by atoms with Gasteiger partial charge in [0.05, 0.1) is 13.2 Å². The summed E-state index contributed by atoms with van der Waals surface area (Å²) in [6, 6.07) is 0.372. The van der Waals surface area contributed by atoms with Gasteiger partial charge in [-0.05, 0) is 25.8 Å². The number of hydrogen-bond donors (Lipinski definition) is 1. The van der Waals surface area contributed by atoms with Crippen molar-refractivity contribution in [2.24, 2.45) is 5.92 Å². The van der Waals surface area contributed by atoms with Gasteiger partial charge < -0.3 is 19.7 Å². The van der Waals surface area contributed by atoms with Crippen molar-refractivity contribution in [3.63, 3.8) is 0 Å².